The van der Waals surface area contributed by atoms with Crippen LogP contribution in [0.5, 0.6) is 0 Å². The first-order valence-electron chi connectivity index (χ1n) is 5.64. The summed E-state index contributed by atoms with van der Waals surface area (Å²) < 4.78 is 0. The molecule has 0 aromatic heterocycles. The lowest BCUT2D eigenvalue weighted by molar-refractivity contribution is 0.158. The Bertz CT molecular complexity index is 118. The first kappa shape index (κ1) is 12.7. The number of hydrogen-bond acceptors (Lipinski definition) is 1. The highest BCUT2D eigenvalue weighted by Crippen LogP contribution is 2.05. The van der Waals surface area contributed by atoms with Crippen LogP contribution in [-0.4, -0.2) is 11.2 Å². The Morgan fingerprint density at radius 3 is 2.23 bits per heavy atom. The predicted octanol–water partition coefficient (Wildman–Crippen LogP) is 3.67. The summed E-state index contributed by atoms with van der Waals surface area (Å²) in [6.07, 6.45) is 12.3. The fourth-order valence-electron chi connectivity index (χ4n) is 1.23. The third-order valence-corrected chi connectivity index (χ3v) is 2.27. The summed E-state index contributed by atoms with van der Waals surface area (Å²) in [6.45, 7) is 4.24. The molecule has 13 heavy (non-hydrogen) atoms. The molecule has 0 saturated carbocycles. The molecule has 78 valence electrons. The Kier molecular flexibility index (Phi) is 9.56. The zero-order valence-corrected chi connectivity index (χ0v) is 9.13. The maximum Gasteiger partial charge on any atom is 0.0537 e. The summed E-state index contributed by atoms with van der Waals surface area (Å²) >= 11 is 0. The molecule has 0 aromatic carbocycles. The molecule has 0 saturated heterocycles. The summed E-state index contributed by atoms with van der Waals surface area (Å²) in [5, 5.41) is 9.27. The number of unbranched alkanes of at least 4 members (excludes halogenated alkanes) is 3. The van der Waals surface area contributed by atoms with Crippen molar-refractivity contribution in [3.63, 3.8) is 0 Å². The Morgan fingerprint density at radius 1 is 1.08 bits per heavy atom. The second-order valence-corrected chi connectivity index (χ2v) is 3.61. The van der Waals surface area contributed by atoms with Gasteiger partial charge >= 0.3 is 0 Å². The molecule has 0 aromatic rings. The molecule has 0 aliphatic carbocycles. The van der Waals surface area contributed by atoms with Crippen LogP contribution in [0.4, 0.5) is 0 Å². The Labute approximate surface area is 82.9 Å². The van der Waals surface area contributed by atoms with Crippen molar-refractivity contribution in [3.05, 3.63) is 12.2 Å². The van der Waals surface area contributed by atoms with E-state index in [2.05, 4.69) is 19.1 Å². The first-order valence-corrected chi connectivity index (χ1v) is 5.64. The molecule has 0 aliphatic heterocycles. The largest absolute Gasteiger partial charge is 0.393 e. The van der Waals surface area contributed by atoms with Gasteiger partial charge in [-0.25, -0.2) is 0 Å². The van der Waals surface area contributed by atoms with Crippen LogP contribution in [0.3, 0.4) is 0 Å². The van der Waals surface area contributed by atoms with E-state index in [1.54, 1.807) is 0 Å². The van der Waals surface area contributed by atoms with Gasteiger partial charge in [0.2, 0.25) is 0 Å². The molecule has 1 nitrogen and oxygen atoms in total. The first-order chi connectivity index (χ1) is 6.31. The summed E-state index contributed by atoms with van der Waals surface area (Å²) in [5.41, 5.74) is 0. The van der Waals surface area contributed by atoms with E-state index < -0.39 is 0 Å². The lowest BCUT2D eigenvalue weighted by atomic mass is 10.1. The topological polar surface area (TPSA) is 20.2 Å². The summed E-state index contributed by atoms with van der Waals surface area (Å²) in [4.78, 5) is 0. The van der Waals surface area contributed by atoms with Gasteiger partial charge < -0.3 is 5.11 Å². The van der Waals surface area contributed by atoms with E-state index in [4.69, 9.17) is 0 Å². The molecular weight excluding hydrogens is 160 g/mol. The molecule has 0 bridgehead atoms. The van der Waals surface area contributed by atoms with Gasteiger partial charge in [-0.3, -0.25) is 0 Å². The third kappa shape index (κ3) is 9.62. The zero-order chi connectivity index (χ0) is 9.94. The monoisotopic (exact) mass is 184 g/mol. The molecule has 1 atom stereocenters. The van der Waals surface area contributed by atoms with Crippen molar-refractivity contribution in [1.29, 1.82) is 0 Å². The van der Waals surface area contributed by atoms with Crippen LogP contribution in [0, 0.1) is 0 Å². The van der Waals surface area contributed by atoms with Crippen LogP contribution in [0.2, 0.25) is 0 Å². The van der Waals surface area contributed by atoms with Crippen molar-refractivity contribution in [2.75, 3.05) is 0 Å². The standard InChI is InChI=1S/C12H24O/c1-3-5-6-7-8-9-10-11-12(13)4-2/h7-8,12-13H,3-6,9-11H2,1-2H3/b8-7-. The average Bonchev–Trinajstić information content (AvgIpc) is 2.16. The minimum absolute atomic E-state index is 0.0796. The number of allylic oxidation sites excluding steroid dienone is 2. The van der Waals surface area contributed by atoms with E-state index >= 15 is 0 Å². The van der Waals surface area contributed by atoms with E-state index in [1.165, 1.54) is 19.3 Å². The fraction of sp³-hybridized carbons (Fsp3) is 0.833. The van der Waals surface area contributed by atoms with E-state index in [0.29, 0.717) is 0 Å². The number of rotatable bonds is 8. The Hall–Kier alpha value is -0.300. The molecule has 1 N–H and O–H groups in total. The Balaban J connectivity index is 3.10. The normalized spacial score (nSPS) is 13.8. The van der Waals surface area contributed by atoms with Crippen LogP contribution in [-0.2, 0) is 0 Å². The molecular formula is C12H24O. The molecule has 1 heteroatoms. The van der Waals surface area contributed by atoms with E-state index in [-0.39, 0.29) is 6.10 Å². The molecule has 0 rings (SSSR count). The predicted molar refractivity (Wildman–Crippen MR) is 58.8 cm³/mol. The van der Waals surface area contributed by atoms with Gasteiger partial charge in [0.15, 0.2) is 0 Å². The quantitative estimate of drug-likeness (QED) is 0.451. The number of aliphatic hydroxyl groups is 1. The van der Waals surface area contributed by atoms with Crippen molar-refractivity contribution in [2.24, 2.45) is 0 Å². The van der Waals surface area contributed by atoms with Crippen LogP contribution >= 0.6 is 0 Å². The Morgan fingerprint density at radius 2 is 1.69 bits per heavy atom. The average molecular weight is 184 g/mol. The van der Waals surface area contributed by atoms with Gasteiger partial charge in [-0.05, 0) is 32.1 Å². The van der Waals surface area contributed by atoms with Crippen LogP contribution in [0.1, 0.15) is 58.8 Å². The lowest BCUT2D eigenvalue weighted by Gasteiger charge is -2.04. The molecule has 1 unspecified atom stereocenters. The van der Waals surface area contributed by atoms with Crippen molar-refractivity contribution < 1.29 is 5.11 Å². The van der Waals surface area contributed by atoms with Gasteiger partial charge in [-0.2, -0.15) is 0 Å². The third-order valence-electron chi connectivity index (χ3n) is 2.27. The van der Waals surface area contributed by atoms with Gasteiger partial charge in [0.1, 0.15) is 0 Å². The summed E-state index contributed by atoms with van der Waals surface area (Å²) in [7, 11) is 0. The van der Waals surface area contributed by atoms with Crippen LogP contribution in [0.25, 0.3) is 0 Å². The van der Waals surface area contributed by atoms with Gasteiger partial charge in [-0.1, -0.05) is 38.8 Å². The molecule has 0 radical (unpaired) electrons. The lowest BCUT2D eigenvalue weighted by Crippen LogP contribution is -2.02. The zero-order valence-electron chi connectivity index (χ0n) is 9.13. The number of aliphatic hydroxyl groups excluding tert-OH is 1. The van der Waals surface area contributed by atoms with Crippen molar-refractivity contribution >= 4 is 0 Å². The van der Waals surface area contributed by atoms with Crippen LogP contribution in [0.15, 0.2) is 12.2 Å². The van der Waals surface area contributed by atoms with E-state index in [9.17, 15) is 5.11 Å². The molecule has 0 spiro atoms. The fourth-order valence-corrected chi connectivity index (χ4v) is 1.23. The summed E-state index contributed by atoms with van der Waals surface area (Å²) in [6, 6.07) is 0. The van der Waals surface area contributed by atoms with Crippen molar-refractivity contribution in [2.45, 2.75) is 64.9 Å². The van der Waals surface area contributed by atoms with Gasteiger partial charge in [0.25, 0.3) is 0 Å². The van der Waals surface area contributed by atoms with E-state index in [0.717, 1.165) is 25.7 Å². The maximum atomic E-state index is 9.27. The molecule has 0 fully saturated rings. The van der Waals surface area contributed by atoms with Crippen LogP contribution < -0.4 is 0 Å². The van der Waals surface area contributed by atoms with Crippen molar-refractivity contribution in [1.82, 2.24) is 0 Å². The van der Waals surface area contributed by atoms with Gasteiger partial charge in [0, 0.05) is 0 Å². The smallest absolute Gasteiger partial charge is 0.0537 e. The molecule has 0 heterocycles. The van der Waals surface area contributed by atoms with Gasteiger partial charge in [-0.15, -0.1) is 0 Å². The highest BCUT2D eigenvalue weighted by Gasteiger charge is 1.97. The minimum Gasteiger partial charge on any atom is -0.393 e. The highest BCUT2D eigenvalue weighted by atomic mass is 16.3. The highest BCUT2D eigenvalue weighted by molar-refractivity contribution is 4.81. The molecule has 0 amide bonds. The maximum absolute atomic E-state index is 9.27. The number of hydrogen-bond donors (Lipinski definition) is 1. The summed E-state index contributed by atoms with van der Waals surface area (Å²) in [5.74, 6) is 0. The molecule has 0 aliphatic rings. The van der Waals surface area contributed by atoms with E-state index in [1.807, 2.05) is 6.92 Å². The van der Waals surface area contributed by atoms with Crippen molar-refractivity contribution in [3.8, 4) is 0 Å². The second kappa shape index (κ2) is 9.79. The SMILES string of the molecule is CCCC/C=C\CCCC(O)CC. The minimum atomic E-state index is -0.0796. The van der Waals surface area contributed by atoms with Gasteiger partial charge in [0.05, 0.1) is 6.10 Å². The second-order valence-electron chi connectivity index (χ2n) is 3.61.